The van der Waals surface area contributed by atoms with E-state index in [0.717, 1.165) is 10.2 Å². The number of rotatable bonds is 8. The highest BCUT2D eigenvalue weighted by Crippen LogP contribution is 2.26. The van der Waals surface area contributed by atoms with Crippen molar-refractivity contribution in [3.63, 3.8) is 0 Å². The zero-order valence-electron chi connectivity index (χ0n) is 16.8. The second-order valence-corrected chi connectivity index (χ2v) is 7.47. The molecule has 0 atom stereocenters. The van der Waals surface area contributed by atoms with Gasteiger partial charge < -0.3 is 9.73 Å². The number of carbonyl (C=O) groups excluding carboxylic acids is 1. The van der Waals surface area contributed by atoms with Crippen molar-refractivity contribution in [2.24, 2.45) is 0 Å². The van der Waals surface area contributed by atoms with Crippen molar-refractivity contribution in [3.05, 3.63) is 88.4 Å². The number of hydrogen-bond donors (Lipinski definition) is 1. The summed E-state index contributed by atoms with van der Waals surface area (Å²) in [7, 11) is 0. The lowest BCUT2D eigenvalue weighted by molar-refractivity contribution is 0.0994. The second kappa shape index (κ2) is 9.49. The number of carbonyl (C=O) groups is 1. The maximum Gasteiger partial charge on any atom is 0.291 e. The van der Waals surface area contributed by atoms with E-state index in [0.29, 0.717) is 23.3 Å². The fourth-order valence-corrected chi connectivity index (χ4v) is 3.34. The standard InChI is InChI=1S/C21H16ClF4N5O2/c22-13-3-1-2-12(6-13)9-30-10-14(8-27-30)28-21(32)18-5-4-15(33-18)11-31-17(20(25)26)7-16(29-31)19(23)24/h1-8,10,19-20H,9,11H2,(H,28,32). The molecule has 3 aromatic heterocycles. The summed E-state index contributed by atoms with van der Waals surface area (Å²) in [4.78, 5) is 12.5. The Balaban J connectivity index is 1.41. The predicted octanol–water partition coefficient (Wildman–Crippen LogP) is 5.55. The summed E-state index contributed by atoms with van der Waals surface area (Å²) in [6.07, 6.45) is -2.91. The van der Waals surface area contributed by atoms with Gasteiger partial charge in [0.15, 0.2) is 5.76 Å². The van der Waals surface area contributed by atoms with Gasteiger partial charge in [0, 0.05) is 11.2 Å². The van der Waals surface area contributed by atoms with Crippen molar-refractivity contribution >= 4 is 23.2 Å². The molecule has 0 spiro atoms. The summed E-state index contributed by atoms with van der Waals surface area (Å²) in [6.45, 7) is 0.107. The van der Waals surface area contributed by atoms with E-state index in [4.69, 9.17) is 16.0 Å². The van der Waals surface area contributed by atoms with Gasteiger partial charge in [0.2, 0.25) is 0 Å². The fourth-order valence-electron chi connectivity index (χ4n) is 3.12. The number of aromatic nitrogens is 4. The van der Waals surface area contributed by atoms with Gasteiger partial charge in [-0.25, -0.2) is 17.6 Å². The van der Waals surface area contributed by atoms with E-state index in [1.165, 1.54) is 18.3 Å². The van der Waals surface area contributed by atoms with Crippen LogP contribution in [-0.4, -0.2) is 25.5 Å². The van der Waals surface area contributed by atoms with E-state index >= 15 is 0 Å². The third kappa shape index (κ3) is 5.43. The third-order valence-electron chi connectivity index (χ3n) is 4.59. The maximum absolute atomic E-state index is 13.1. The molecule has 0 fully saturated rings. The summed E-state index contributed by atoms with van der Waals surface area (Å²) in [5.74, 6) is -0.582. The summed E-state index contributed by atoms with van der Waals surface area (Å²) in [5, 5.41) is 10.9. The van der Waals surface area contributed by atoms with E-state index in [1.807, 2.05) is 12.1 Å². The van der Waals surface area contributed by atoms with E-state index in [2.05, 4.69) is 15.5 Å². The Labute approximate surface area is 189 Å². The smallest absolute Gasteiger partial charge is 0.291 e. The van der Waals surface area contributed by atoms with Crippen molar-refractivity contribution in [2.45, 2.75) is 25.9 Å². The Hall–Kier alpha value is -3.60. The van der Waals surface area contributed by atoms with Crippen LogP contribution < -0.4 is 5.32 Å². The van der Waals surface area contributed by atoms with Crippen LogP contribution in [0.25, 0.3) is 0 Å². The van der Waals surface area contributed by atoms with Crippen LogP contribution in [0.4, 0.5) is 23.2 Å². The first kappa shape index (κ1) is 22.6. The van der Waals surface area contributed by atoms with Gasteiger partial charge in [-0.2, -0.15) is 10.2 Å². The highest BCUT2D eigenvalue weighted by atomic mass is 35.5. The van der Waals surface area contributed by atoms with Crippen molar-refractivity contribution in [1.82, 2.24) is 19.6 Å². The molecule has 0 radical (unpaired) electrons. The molecule has 12 heteroatoms. The molecule has 33 heavy (non-hydrogen) atoms. The molecule has 0 saturated heterocycles. The zero-order chi connectivity index (χ0) is 23.5. The predicted molar refractivity (Wildman–Crippen MR) is 111 cm³/mol. The Kier molecular flexibility index (Phi) is 6.50. The topological polar surface area (TPSA) is 77.9 Å². The SMILES string of the molecule is O=C(Nc1cnn(Cc2cccc(Cl)c2)c1)c1ccc(Cn2nc(C(F)F)cc2C(F)F)o1. The quantitative estimate of drug-likeness (QED) is 0.335. The van der Waals surface area contributed by atoms with Gasteiger partial charge in [-0.3, -0.25) is 14.2 Å². The normalized spacial score (nSPS) is 11.5. The Bertz CT molecular complexity index is 1270. The van der Waals surface area contributed by atoms with Crippen LogP contribution in [-0.2, 0) is 13.1 Å². The van der Waals surface area contributed by atoms with Gasteiger partial charge in [-0.1, -0.05) is 23.7 Å². The van der Waals surface area contributed by atoms with Crippen LogP contribution in [0.1, 0.15) is 46.1 Å². The molecule has 0 unspecified atom stereocenters. The molecule has 7 nitrogen and oxygen atoms in total. The molecule has 4 rings (SSSR count). The molecule has 1 N–H and O–H groups in total. The number of amides is 1. The van der Waals surface area contributed by atoms with Crippen molar-refractivity contribution in [1.29, 1.82) is 0 Å². The molecule has 172 valence electrons. The molecule has 3 heterocycles. The minimum Gasteiger partial charge on any atom is -0.454 e. The highest BCUT2D eigenvalue weighted by Gasteiger charge is 2.22. The number of benzene rings is 1. The lowest BCUT2D eigenvalue weighted by Gasteiger charge is -2.04. The van der Waals surface area contributed by atoms with E-state index in [9.17, 15) is 22.4 Å². The first-order valence-corrected chi connectivity index (χ1v) is 9.97. The highest BCUT2D eigenvalue weighted by molar-refractivity contribution is 6.30. The molecular weight excluding hydrogens is 466 g/mol. The molecule has 0 bridgehead atoms. The molecule has 4 aromatic rings. The van der Waals surface area contributed by atoms with Crippen molar-refractivity contribution in [3.8, 4) is 0 Å². The van der Waals surface area contributed by atoms with Crippen LogP contribution in [0.3, 0.4) is 0 Å². The average molecular weight is 482 g/mol. The van der Waals surface area contributed by atoms with E-state index in [1.54, 1.807) is 23.0 Å². The molecular formula is C21H16ClF4N5O2. The molecule has 1 amide bonds. The number of anilines is 1. The number of nitrogens with zero attached hydrogens (tertiary/aromatic N) is 4. The fraction of sp³-hybridized carbons (Fsp3) is 0.190. The van der Waals surface area contributed by atoms with Crippen molar-refractivity contribution in [2.75, 3.05) is 5.32 Å². The zero-order valence-corrected chi connectivity index (χ0v) is 17.5. The van der Waals surface area contributed by atoms with Gasteiger partial charge in [0.05, 0.1) is 25.0 Å². The van der Waals surface area contributed by atoms with Crippen LogP contribution in [0.2, 0.25) is 5.02 Å². The molecule has 0 aliphatic heterocycles. The largest absolute Gasteiger partial charge is 0.454 e. The summed E-state index contributed by atoms with van der Waals surface area (Å²) in [5.41, 5.74) is -0.0889. The number of nitrogens with one attached hydrogen (secondary N) is 1. The van der Waals surface area contributed by atoms with Crippen molar-refractivity contribution < 1.29 is 26.8 Å². The minimum atomic E-state index is -2.99. The number of halogens is 5. The van der Waals surface area contributed by atoms with Crippen LogP contribution in [0.5, 0.6) is 0 Å². The summed E-state index contributed by atoms with van der Waals surface area (Å²) >= 11 is 5.97. The van der Waals surface area contributed by atoms with E-state index in [-0.39, 0.29) is 18.1 Å². The number of furan rings is 1. The van der Waals surface area contributed by atoms with Gasteiger partial charge in [-0.05, 0) is 35.9 Å². The molecule has 0 aliphatic carbocycles. The van der Waals surface area contributed by atoms with Crippen LogP contribution in [0.15, 0.2) is 59.3 Å². The number of hydrogen-bond acceptors (Lipinski definition) is 4. The number of alkyl halides is 4. The Morgan fingerprint density at radius 1 is 1.09 bits per heavy atom. The van der Waals surface area contributed by atoms with Gasteiger partial charge in [0.1, 0.15) is 17.1 Å². The average Bonchev–Trinajstić information content (AvgIpc) is 3.48. The van der Waals surface area contributed by atoms with Crippen LogP contribution >= 0.6 is 11.6 Å². The van der Waals surface area contributed by atoms with Gasteiger partial charge >= 0.3 is 0 Å². The lowest BCUT2D eigenvalue weighted by Crippen LogP contribution is -2.10. The van der Waals surface area contributed by atoms with Gasteiger partial charge in [0.25, 0.3) is 18.8 Å². The first-order valence-electron chi connectivity index (χ1n) is 9.59. The Morgan fingerprint density at radius 3 is 2.64 bits per heavy atom. The van der Waals surface area contributed by atoms with Gasteiger partial charge in [-0.15, -0.1) is 0 Å². The van der Waals surface area contributed by atoms with E-state index < -0.39 is 30.1 Å². The minimum absolute atomic E-state index is 0.0903. The third-order valence-corrected chi connectivity index (χ3v) is 4.83. The molecule has 1 aromatic carbocycles. The summed E-state index contributed by atoms with van der Waals surface area (Å²) in [6, 6.07) is 10.6. The molecule has 0 saturated carbocycles. The molecule has 0 aliphatic rings. The maximum atomic E-state index is 13.1. The monoisotopic (exact) mass is 481 g/mol. The lowest BCUT2D eigenvalue weighted by atomic mass is 10.2. The van der Waals surface area contributed by atoms with Crippen LogP contribution in [0, 0.1) is 0 Å². The first-order chi connectivity index (χ1) is 15.8. The summed E-state index contributed by atoms with van der Waals surface area (Å²) < 4.78 is 59.6. The second-order valence-electron chi connectivity index (χ2n) is 7.03. The Morgan fingerprint density at radius 2 is 1.91 bits per heavy atom.